The Kier molecular flexibility index (Phi) is 5.78. The molecule has 1 aliphatic rings. The lowest BCUT2D eigenvalue weighted by Gasteiger charge is -2.18. The molecule has 0 saturated heterocycles. The van der Waals surface area contributed by atoms with E-state index in [1.807, 2.05) is 18.2 Å². The van der Waals surface area contributed by atoms with Crippen molar-refractivity contribution in [2.45, 2.75) is 42.8 Å². The lowest BCUT2D eigenvalue weighted by molar-refractivity contribution is 0.588. The minimum atomic E-state index is 0.126. The fraction of sp³-hybridized carbons (Fsp3) is 0.292. The molecule has 5 rings (SSSR count). The van der Waals surface area contributed by atoms with Gasteiger partial charge in [-0.15, -0.1) is 21.5 Å². The van der Waals surface area contributed by atoms with Crippen molar-refractivity contribution in [3.8, 4) is 11.4 Å². The van der Waals surface area contributed by atoms with Gasteiger partial charge in [-0.3, -0.25) is 4.57 Å². The first-order valence-electron chi connectivity index (χ1n) is 10.6. The van der Waals surface area contributed by atoms with E-state index >= 15 is 0 Å². The molecule has 2 heterocycles. The predicted molar refractivity (Wildman–Crippen MR) is 129 cm³/mol. The molecular weight excluding hydrogens is 422 g/mol. The van der Waals surface area contributed by atoms with Gasteiger partial charge in [0.2, 0.25) is 0 Å². The molecule has 1 saturated carbocycles. The van der Waals surface area contributed by atoms with Crippen LogP contribution in [0.1, 0.15) is 37.1 Å². The van der Waals surface area contributed by atoms with Gasteiger partial charge < -0.3 is 4.90 Å². The Morgan fingerprint density at radius 1 is 1.06 bits per heavy atom. The van der Waals surface area contributed by atoms with E-state index < -0.39 is 0 Å². The van der Waals surface area contributed by atoms with Crippen molar-refractivity contribution in [2.75, 3.05) is 11.9 Å². The number of thiazole rings is 1. The number of benzene rings is 2. The molecule has 1 aliphatic carbocycles. The van der Waals surface area contributed by atoms with E-state index in [2.05, 4.69) is 81.5 Å². The van der Waals surface area contributed by atoms with Crippen LogP contribution in [0.25, 0.3) is 11.4 Å². The zero-order valence-corrected chi connectivity index (χ0v) is 19.3. The van der Waals surface area contributed by atoms with E-state index in [4.69, 9.17) is 4.98 Å². The quantitative estimate of drug-likeness (QED) is 0.315. The van der Waals surface area contributed by atoms with Gasteiger partial charge >= 0.3 is 0 Å². The Morgan fingerprint density at radius 3 is 2.48 bits per heavy atom. The SMILES string of the molecule is CC(c1ccccc1)n1c(SCc2csc(N(C)C3CC3)n2)nnc1-c1ccccc1. The standard InChI is InChI=1S/C24H25N5S2/c1-17(18-9-5-3-6-10-18)29-22(19-11-7-4-8-12-19)26-27-24(29)31-16-20-15-30-23(25-20)28(2)21-13-14-21/h3-12,15,17,21H,13-14,16H2,1-2H3. The van der Waals surface area contributed by atoms with Gasteiger partial charge in [-0.25, -0.2) is 4.98 Å². The number of hydrogen-bond acceptors (Lipinski definition) is 6. The molecule has 0 N–H and O–H groups in total. The molecule has 0 bridgehead atoms. The molecule has 0 aliphatic heterocycles. The summed E-state index contributed by atoms with van der Waals surface area (Å²) < 4.78 is 2.25. The van der Waals surface area contributed by atoms with Crippen molar-refractivity contribution in [1.82, 2.24) is 19.7 Å². The maximum absolute atomic E-state index is 4.85. The average molecular weight is 448 g/mol. The number of aromatic nitrogens is 4. The second-order valence-electron chi connectivity index (χ2n) is 7.88. The fourth-order valence-corrected chi connectivity index (χ4v) is 5.55. The van der Waals surface area contributed by atoms with Gasteiger partial charge in [-0.2, -0.15) is 0 Å². The number of rotatable bonds is 8. The Morgan fingerprint density at radius 2 is 1.77 bits per heavy atom. The molecule has 31 heavy (non-hydrogen) atoms. The Balaban J connectivity index is 1.42. The van der Waals surface area contributed by atoms with E-state index in [0.29, 0.717) is 6.04 Å². The van der Waals surface area contributed by atoms with E-state index in [0.717, 1.165) is 33.1 Å². The van der Waals surface area contributed by atoms with Crippen LogP contribution in [0.5, 0.6) is 0 Å². The highest BCUT2D eigenvalue weighted by atomic mass is 32.2. The molecule has 1 fully saturated rings. The summed E-state index contributed by atoms with van der Waals surface area (Å²) in [5.41, 5.74) is 3.41. The largest absolute Gasteiger partial charge is 0.348 e. The Bertz CT molecular complexity index is 1140. The van der Waals surface area contributed by atoms with Crippen LogP contribution in [0.15, 0.2) is 71.2 Å². The third kappa shape index (κ3) is 4.38. The van der Waals surface area contributed by atoms with E-state index in [1.54, 1.807) is 23.1 Å². The van der Waals surface area contributed by atoms with Crippen LogP contribution in [0.4, 0.5) is 5.13 Å². The number of anilines is 1. The van der Waals surface area contributed by atoms with Crippen molar-refractivity contribution in [2.24, 2.45) is 0 Å². The Labute approximate surface area is 191 Å². The molecule has 0 spiro atoms. The van der Waals surface area contributed by atoms with Crippen LogP contribution in [0.3, 0.4) is 0 Å². The van der Waals surface area contributed by atoms with Crippen LogP contribution in [0, 0.1) is 0 Å². The van der Waals surface area contributed by atoms with Crippen molar-refractivity contribution in [3.63, 3.8) is 0 Å². The zero-order chi connectivity index (χ0) is 21.2. The third-order valence-electron chi connectivity index (χ3n) is 5.65. The predicted octanol–water partition coefficient (Wildman–Crippen LogP) is 5.90. The van der Waals surface area contributed by atoms with Gasteiger partial charge in [0.25, 0.3) is 0 Å². The summed E-state index contributed by atoms with van der Waals surface area (Å²) in [6, 6.07) is 21.6. The van der Waals surface area contributed by atoms with E-state index in [1.165, 1.54) is 18.4 Å². The smallest absolute Gasteiger partial charge is 0.192 e. The Hall–Kier alpha value is -2.64. The second kappa shape index (κ2) is 8.85. The van der Waals surface area contributed by atoms with Crippen LogP contribution < -0.4 is 4.90 Å². The first kappa shape index (κ1) is 20.3. The summed E-state index contributed by atoms with van der Waals surface area (Å²) in [6.07, 6.45) is 2.56. The first-order chi connectivity index (χ1) is 15.2. The van der Waals surface area contributed by atoms with Gasteiger partial charge in [-0.1, -0.05) is 72.4 Å². The summed E-state index contributed by atoms with van der Waals surface area (Å²) in [7, 11) is 2.15. The molecule has 1 unspecified atom stereocenters. The number of thioether (sulfide) groups is 1. The van der Waals surface area contributed by atoms with E-state index in [9.17, 15) is 0 Å². The summed E-state index contributed by atoms with van der Waals surface area (Å²) in [4.78, 5) is 7.16. The summed E-state index contributed by atoms with van der Waals surface area (Å²) in [5.74, 6) is 1.68. The molecule has 7 heteroatoms. The van der Waals surface area contributed by atoms with Crippen molar-refractivity contribution >= 4 is 28.2 Å². The lowest BCUT2D eigenvalue weighted by atomic mass is 10.1. The molecule has 2 aromatic heterocycles. The maximum Gasteiger partial charge on any atom is 0.192 e. The number of hydrogen-bond donors (Lipinski definition) is 0. The van der Waals surface area contributed by atoms with Crippen molar-refractivity contribution in [1.29, 1.82) is 0 Å². The molecule has 158 valence electrons. The van der Waals surface area contributed by atoms with Crippen molar-refractivity contribution < 1.29 is 0 Å². The van der Waals surface area contributed by atoms with E-state index in [-0.39, 0.29) is 6.04 Å². The van der Waals surface area contributed by atoms with Gasteiger partial charge in [0.15, 0.2) is 16.1 Å². The first-order valence-corrected chi connectivity index (χ1v) is 12.4. The number of nitrogens with zero attached hydrogens (tertiary/aromatic N) is 5. The molecule has 4 aromatic rings. The van der Waals surface area contributed by atoms with Crippen molar-refractivity contribution in [3.05, 3.63) is 77.3 Å². The van der Waals surface area contributed by atoms with Gasteiger partial charge in [0.05, 0.1) is 11.7 Å². The second-order valence-corrected chi connectivity index (χ2v) is 9.66. The minimum absolute atomic E-state index is 0.126. The normalized spacial score (nSPS) is 14.5. The van der Waals surface area contributed by atoms with Gasteiger partial charge in [0.1, 0.15) is 0 Å². The van der Waals surface area contributed by atoms with Crippen LogP contribution in [0.2, 0.25) is 0 Å². The maximum atomic E-state index is 4.85. The summed E-state index contributed by atoms with van der Waals surface area (Å²) in [5, 5.41) is 13.3. The molecule has 2 aromatic carbocycles. The minimum Gasteiger partial charge on any atom is -0.348 e. The van der Waals surface area contributed by atoms with Crippen LogP contribution in [-0.4, -0.2) is 32.8 Å². The van der Waals surface area contributed by atoms with Gasteiger partial charge in [-0.05, 0) is 25.3 Å². The summed E-state index contributed by atoms with van der Waals surface area (Å²) >= 11 is 3.43. The highest BCUT2D eigenvalue weighted by molar-refractivity contribution is 7.98. The highest BCUT2D eigenvalue weighted by Gasteiger charge is 2.28. The molecule has 0 amide bonds. The molecular formula is C24H25N5S2. The summed E-state index contributed by atoms with van der Waals surface area (Å²) in [6.45, 7) is 2.21. The van der Waals surface area contributed by atoms with Crippen LogP contribution >= 0.6 is 23.1 Å². The average Bonchev–Trinajstić information content (AvgIpc) is 3.41. The molecule has 0 radical (unpaired) electrons. The lowest BCUT2D eigenvalue weighted by Crippen LogP contribution is -2.18. The fourth-order valence-electron chi connectivity index (χ4n) is 3.67. The molecule has 5 nitrogen and oxygen atoms in total. The monoisotopic (exact) mass is 447 g/mol. The third-order valence-corrected chi connectivity index (χ3v) is 7.61. The zero-order valence-electron chi connectivity index (χ0n) is 17.7. The van der Waals surface area contributed by atoms with Crippen LogP contribution in [-0.2, 0) is 5.75 Å². The highest BCUT2D eigenvalue weighted by Crippen LogP contribution is 2.35. The molecule has 1 atom stereocenters. The topological polar surface area (TPSA) is 46.8 Å². The van der Waals surface area contributed by atoms with Gasteiger partial charge in [0, 0.05) is 29.8 Å².